The monoisotopic (exact) mass is 391 g/mol. The normalized spacial score (nSPS) is 12.0. The van der Waals surface area contributed by atoms with E-state index in [1.807, 2.05) is 0 Å². The fourth-order valence-electron chi connectivity index (χ4n) is 1.76. The molecule has 0 saturated carbocycles. The SMILES string of the molecule is O=C(O)C(Nc1ccc(Cl)c(Br)c1)c1cc(Cl)ccc1F. The maximum Gasteiger partial charge on any atom is 0.330 e. The zero-order chi connectivity index (χ0) is 15.6. The Kier molecular flexibility index (Phi) is 5.08. The summed E-state index contributed by atoms with van der Waals surface area (Å²) >= 11 is 14.9. The van der Waals surface area contributed by atoms with Crippen molar-refractivity contribution in [3.05, 3.63) is 62.3 Å². The topological polar surface area (TPSA) is 49.3 Å². The van der Waals surface area contributed by atoms with Crippen LogP contribution in [-0.4, -0.2) is 11.1 Å². The van der Waals surface area contributed by atoms with Crippen molar-refractivity contribution in [2.45, 2.75) is 6.04 Å². The standard InChI is InChI=1S/C14H9BrCl2FNO2/c15-10-6-8(2-3-11(10)17)19-13(14(20)21)9-5-7(16)1-4-12(9)18/h1-6,13,19H,(H,20,21). The van der Waals surface area contributed by atoms with Gasteiger partial charge in [-0.05, 0) is 52.3 Å². The summed E-state index contributed by atoms with van der Waals surface area (Å²) in [6.45, 7) is 0. The third kappa shape index (κ3) is 3.87. The molecule has 21 heavy (non-hydrogen) atoms. The molecule has 0 saturated heterocycles. The summed E-state index contributed by atoms with van der Waals surface area (Å²) < 4.78 is 14.4. The van der Waals surface area contributed by atoms with Crippen LogP contribution < -0.4 is 5.32 Å². The fourth-order valence-corrected chi connectivity index (χ4v) is 2.44. The van der Waals surface area contributed by atoms with E-state index in [1.165, 1.54) is 12.1 Å². The average Bonchev–Trinajstić information content (AvgIpc) is 2.42. The van der Waals surface area contributed by atoms with Crippen molar-refractivity contribution >= 4 is 50.8 Å². The van der Waals surface area contributed by atoms with Gasteiger partial charge in [0.1, 0.15) is 5.82 Å². The van der Waals surface area contributed by atoms with Gasteiger partial charge in [-0.1, -0.05) is 23.2 Å². The van der Waals surface area contributed by atoms with Gasteiger partial charge in [-0.25, -0.2) is 9.18 Å². The molecule has 2 N–H and O–H groups in total. The van der Waals surface area contributed by atoms with Gasteiger partial charge in [0.2, 0.25) is 0 Å². The lowest BCUT2D eigenvalue weighted by Gasteiger charge is -2.17. The fraction of sp³-hybridized carbons (Fsp3) is 0.0714. The molecule has 0 aromatic heterocycles. The highest BCUT2D eigenvalue weighted by Gasteiger charge is 2.23. The van der Waals surface area contributed by atoms with Gasteiger partial charge in [-0.3, -0.25) is 0 Å². The molecule has 0 spiro atoms. The molecule has 0 aliphatic heterocycles. The third-order valence-electron chi connectivity index (χ3n) is 2.75. The van der Waals surface area contributed by atoms with Crippen molar-refractivity contribution < 1.29 is 14.3 Å². The van der Waals surface area contributed by atoms with Crippen LogP contribution in [-0.2, 0) is 4.79 Å². The van der Waals surface area contributed by atoms with E-state index >= 15 is 0 Å². The molecular formula is C14H9BrCl2FNO2. The van der Waals surface area contributed by atoms with Crippen LogP contribution in [0.15, 0.2) is 40.9 Å². The summed E-state index contributed by atoms with van der Waals surface area (Å²) in [6.07, 6.45) is 0. The molecule has 2 aromatic carbocycles. The third-order valence-corrected chi connectivity index (χ3v) is 4.20. The van der Waals surface area contributed by atoms with Gasteiger partial charge in [0.25, 0.3) is 0 Å². The molecule has 0 aliphatic rings. The molecule has 2 rings (SSSR count). The predicted octanol–water partition coefficient (Wildman–Crippen LogP) is 5.13. The second kappa shape index (κ2) is 6.64. The van der Waals surface area contributed by atoms with Crippen LogP contribution in [0.2, 0.25) is 10.0 Å². The van der Waals surface area contributed by atoms with E-state index in [1.54, 1.807) is 18.2 Å². The molecule has 2 aromatic rings. The van der Waals surface area contributed by atoms with E-state index < -0.39 is 17.8 Å². The van der Waals surface area contributed by atoms with Crippen LogP contribution >= 0.6 is 39.1 Å². The maximum absolute atomic E-state index is 13.8. The van der Waals surface area contributed by atoms with E-state index in [9.17, 15) is 14.3 Å². The number of anilines is 1. The van der Waals surface area contributed by atoms with Crippen molar-refractivity contribution in [2.24, 2.45) is 0 Å². The summed E-state index contributed by atoms with van der Waals surface area (Å²) in [4.78, 5) is 11.4. The first-order valence-corrected chi connectivity index (χ1v) is 7.32. The van der Waals surface area contributed by atoms with E-state index in [0.717, 1.165) is 6.07 Å². The first-order chi connectivity index (χ1) is 9.88. The molecule has 0 amide bonds. The average molecular weight is 393 g/mol. The molecule has 0 aliphatic carbocycles. The molecule has 110 valence electrons. The number of halogens is 4. The molecular weight excluding hydrogens is 384 g/mol. The summed E-state index contributed by atoms with van der Waals surface area (Å²) in [5.41, 5.74) is 0.444. The molecule has 0 fully saturated rings. The van der Waals surface area contributed by atoms with Crippen molar-refractivity contribution in [3.8, 4) is 0 Å². The van der Waals surface area contributed by atoms with Crippen LogP contribution in [0.25, 0.3) is 0 Å². The van der Waals surface area contributed by atoms with Gasteiger partial charge in [-0.2, -0.15) is 0 Å². The van der Waals surface area contributed by atoms with Gasteiger partial charge < -0.3 is 10.4 Å². The van der Waals surface area contributed by atoms with Crippen LogP contribution in [0.1, 0.15) is 11.6 Å². The Hall–Kier alpha value is -1.30. The zero-order valence-electron chi connectivity index (χ0n) is 10.4. The molecule has 1 unspecified atom stereocenters. The highest BCUT2D eigenvalue weighted by molar-refractivity contribution is 9.10. The highest BCUT2D eigenvalue weighted by atomic mass is 79.9. The number of benzene rings is 2. The number of hydrogen-bond acceptors (Lipinski definition) is 2. The highest BCUT2D eigenvalue weighted by Crippen LogP contribution is 2.29. The van der Waals surface area contributed by atoms with Gasteiger partial charge in [0.15, 0.2) is 6.04 Å². The predicted molar refractivity (Wildman–Crippen MR) is 84.6 cm³/mol. The molecule has 1 atom stereocenters. The zero-order valence-corrected chi connectivity index (χ0v) is 13.5. The minimum Gasteiger partial charge on any atom is -0.479 e. The number of carbonyl (C=O) groups is 1. The van der Waals surface area contributed by atoms with Gasteiger partial charge in [-0.15, -0.1) is 0 Å². The number of aliphatic carboxylic acids is 1. The van der Waals surface area contributed by atoms with Crippen LogP contribution in [0.4, 0.5) is 10.1 Å². The smallest absolute Gasteiger partial charge is 0.330 e. The lowest BCUT2D eigenvalue weighted by atomic mass is 10.1. The summed E-state index contributed by atoms with van der Waals surface area (Å²) in [5, 5.41) is 12.8. The van der Waals surface area contributed by atoms with Crippen molar-refractivity contribution in [3.63, 3.8) is 0 Å². The minimum absolute atomic E-state index is 0.0407. The molecule has 0 heterocycles. The quantitative estimate of drug-likeness (QED) is 0.757. The van der Waals surface area contributed by atoms with Crippen LogP contribution in [0, 0.1) is 5.82 Å². The van der Waals surface area contributed by atoms with Crippen molar-refractivity contribution in [1.82, 2.24) is 0 Å². The van der Waals surface area contributed by atoms with E-state index in [2.05, 4.69) is 21.2 Å². The molecule has 0 radical (unpaired) electrons. The number of hydrogen-bond donors (Lipinski definition) is 2. The number of nitrogens with one attached hydrogen (secondary N) is 1. The Morgan fingerprint density at radius 1 is 1.24 bits per heavy atom. The number of carboxylic acid groups (broad SMARTS) is 1. The Morgan fingerprint density at radius 3 is 2.57 bits per heavy atom. The Morgan fingerprint density at radius 2 is 1.95 bits per heavy atom. The Labute approximate surface area is 138 Å². The summed E-state index contributed by atoms with van der Waals surface area (Å²) in [6, 6.07) is 7.32. The van der Waals surface area contributed by atoms with E-state index in [-0.39, 0.29) is 10.6 Å². The summed E-state index contributed by atoms with van der Waals surface area (Å²) in [7, 11) is 0. The van der Waals surface area contributed by atoms with Crippen LogP contribution in [0.3, 0.4) is 0 Å². The van der Waals surface area contributed by atoms with Crippen molar-refractivity contribution in [1.29, 1.82) is 0 Å². The number of rotatable bonds is 4. The lowest BCUT2D eigenvalue weighted by molar-refractivity contribution is -0.138. The molecule has 3 nitrogen and oxygen atoms in total. The lowest BCUT2D eigenvalue weighted by Crippen LogP contribution is -2.21. The van der Waals surface area contributed by atoms with E-state index in [4.69, 9.17) is 23.2 Å². The molecule has 7 heteroatoms. The van der Waals surface area contributed by atoms with E-state index in [0.29, 0.717) is 15.2 Å². The van der Waals surface area contributed by atoms with Crippen molar-refractivity contribution in [2.75, 3.05) is 5.32 Å². The first kappa shape index (κ1) is 16.1. The second-order valence-corrected chi connectivity index (χ2v) is 5.91. The van der Waals surface area contributed by atoms with Gasteiger partial charge >= 0.3 is 5.97 Å². The Balaban J connectivity index is 2.37. The minimum atomic E-state index is -1.27. The maximum atomic E-state index is 13.8. The van der Waals surface area contributed by atoms with Crippen LogP contribution in [0.5, 0.6) is 0 Å². The Bertz CT molecular complexity index is 697. The largest absolute Gasteiger partial charge is 0.479 e. The van der Waals surface area contributed by atoms with Gasteiger partial charge in [0.05, 0.1) is 5.02 Å². The molecule has 0 bridgehead atoms. The first-order valence-electron chi connectivity index (χ1n) is 5.78. The second-order valence-electron chi connectivity index (χ2n) is 4.21. The van der Waals surface area contributed by atoms with Gasteiger partial charge in [0, 0.05) is 20.7 Å². The summed E-state index contributed by atoms with van der Waals surface area (Å²) in [5.74, 6) is -1.87. The number of carboxylic acids is 1.